The third-order valence-electron chi connectivity index (χ3n) is 3.63. The first kappa shape index (κ1) is 19.5. The van der Waals surface area contributed by atoms with Gasteiger partial charge >= 0.3 is 5.76 Å². The molecule has 0 saturated carbocycles. The summed E-state index contributed by atoms with van der Waals surface area (Å²) in [4.78, 5) is 26.1. The molecule has 1 heterocycles. The molecular weight excluding hydrogens is 384 g/mol. The summed E-state index contributed by atoms with van der Waals surface area (Å²) in [6.45, 7) is 3.42. The number of carbonyl (C=O) groups is 1. The Labute approximate surface area is 160 Å². The van der Waals surface area contributed by atoms with Crippen LogP contribution in [0.1, 0.15) is 24.2 Å². The van der Waals surface area contributed by atoms with E-state index in [-0.39, 0.29) is 22.3 Å². The summed E-state index contributed by atoms with van der Waals surface area (Å²) in [5, 5.41) is 6.29. The molecule has 0 aliphatic carbocycles. The van der Waals surface area contributed by atoms with Crippen molar-refractivity contribution in [2.24, 2.45) is 0 Å². The highest BCUT2D eigenvalue weighted by atomic mass is 32.2. The summed E-state index contributed by atoms with van der Waals surface area (Å²) in [7, 11) is -3.71. The van der Waals surface area contributed by atoms with Crippen LogP contribution in [-0.2, 0) is 10.0 Å². The Kier molecular flexibility index (Phi) is 5.43. The van der Waals surface area contributed by atoms with Gasteiger partial charge in [0.2, 0.25) is 10.0 Å². The van der Waals surface area contributed by atoms with Crippen LogP contribution in [0.25, 0.3) is 11.4 Å². The Balaban J connectivity index is 1.82. The SMILES string of the molecule is CC(C)NS(=O)(=O)c1cccc(C(=O)Nc2cccc(-c3noc(=O)[nH]3)c2)c1. The first-order valence-electron chi connectivity index (χ1n) is 8.35. The zero-order valence-corrected chi connectivity index (χ0v) is 15.9. The lowest BCUT2D eigenvalue weighted by atomic mass is 10.1. The van der Waals surface area contributed by atoms with Gasteiger partial charge < -0.3 is 5.32 Å². The number of nitrogens with one attached hydrogen (secondary N) is 3. The first-order chi connectivity index (χ1) is 13.2. The summed E-state index contributed by atoms with van der Waals surface area (Å²) in [6, 6.07) is 12.1. The lowest BCUT2D eigenvalue weighted by Crippen LogP contribution is -2.30. The number of aromatic nitrogens is 2. The summed E-state index contributed by atoms with van der Waals surface area (Å²) in [6.07, 6.45) is 0. The van der Waals surface area contributed by atoms with Gasteiger partial charge in [0.15, 0.2) is 5.82 Å². The summed E-state index contributed by atoms with van der Waals surface area (Å²) in [5.41, 5.74) is 1.17. The number of carbonyl (C=O) groups excluding carboxylic acids is 1. The predicted molar refractivity (Wildman–Crippen MR) is 102 cm³/mol. The molecule has 0 unspecified atom stereocenters. The molecule has 9 nitrogen and oxygen atoms in total. The minimum absolute atomic E-state index is 0.00257. The fraction of sp³-hybridized carbons (Fsp3) is 0.167. The maximum atomic E-state index is 12.5. The van der Waals surface area contributed by atoms with Crippen LogP contribution < -0.4 is 15.8 Å². The van der Waals surface area contributed by atoms with Gasteiger partial charge in [-0.2, -0.15) is 0 Å². The Hall–Kier alpha value is -3.24. The third-order valence-corrected chi connectivity index (χ3v) is 5.29. The average Bonchev–Trinajstić information content (AvgIpc) is 3.07. The van der Waals surface area contributed by atoms with Gasteiger partial charge in [0, 0.05) is 22.9 Å². The number of rotatable bonds is 6. The van der Waals surface area contributed by atoms with E-state index in [1.807, 2.05) is 0 Å². The van der Waals surface area contributed by atoms with Crippen LogP contribution in [0.15, 0.2) is 62.7 Å². The highest BCUT2D eigenvalue weighted by Gasteiger charge is 2.17. The zero-order chi connectivity index (χ0) is 20.3. The number of amides is 1. The van der Waals surface area contributed by atoms with E-state index in [9.17, 15) is 18.0 Å². The van der Waals surface area contributed by atoms with Gasteiger partial charge in [-0.05, 0) is 44.2 Å². The van der Waals surface area contributed by atoms with Crippen LogP contribution in [0, 0.1) is 0 Å². The second kappa shape index (κ2) is 7.79. The van der Waals surface area contributed by atoms with Gasteiger partial charge in [-0.15, -0.1) is 0 Å². The van der Waals surface area contributed by atoms with Gasteiger partial charge in [-0.3, -0.25) is 14.3 Å². The van der Waals surface area contributed by atoms with Crippen molar-refractivity contribution in [3.05, 3.63) is 64.6 Å². The van der Waals surface area contributed by atoms with Crippen molar-refractivity contribution in [3.63, 3.8) is 0 Å². The van der Waals surface area contributed by atoms with Crippen molar-refractivity contribution < 1.29 is 17.7 Å². The molecule has 3 aromatic rings. The van der Waals surface area contributed by atoms with E-state index >= 15 is 0 Å². The smallest absolute Gasteiger partial charge is 0.322 e. The van der Waals surface area contributed by atoms with Gasteiger partial charge in [0.05, 0.1) is 4.90 Å². The molecular formula is C18H18N4O5S. The molecule has 28 heavy (non-hydrogen) atoms. The molecule has 3 N–H and O–H groups in total. The molecule has 0 atom stereocenters. The van der Waals surface area contributed by atoms with E-state index in [0.29, 0.717) is 11.3 Å². The van der Waals surface area contributed by atoms with Crippen LogP contribution in [0.5, 0.6) is 0 Å². The molecule has 0 fully saturated rings. The van der Waals surface area contributed by atoms with E-state index in [1.54, 1.807) is 38.1 Å². The molecule has 0 radical (unpaired) electrons. The maximum Gasteiger partial charge on any atom is 0.439 e. The lowest BCUT2D eigenvalue weighted by Gasteiger charge is -2.11. The molecule has 2 aromatic carbocycles. The van der Waals surface area contributed by atoms with Crippen LogP contribution >= 0.6 is 0 Å². The van der Waals surface area contributed by atoms with E-state index in [1.165, 1.54) is 24.3 Å². The maximum absolute atomic E-state index is 12.5. The van der Waals surface area contributed by atoms with Crippen molar-refractivity contribution in [3.8, 4) is 11.4 Å². The van der Waals surface area contributed by atoms with Crippen LogP contribution in [-0.4, -0.2) is 30.5 Å². The molecule has 0 aliphatic heterocycles. The molecule has 0 aliphatic rings. The molecule has 1 aromatic heterocycles. The number of benzene rings is 2. The number of aromatic amines is 1. The molecule has 10 heteroatoms. The second-order valence-corrected chi connectivity index (χ2v) is 8.00. The number of hydrogen-bond acceptors (Lipinski definition) is 6. The Bertz CT molecular complexity index is 1160. The molecule has 1 amide bonds. The Morgan fingerprint density at radius 2 is 1.89 bits per heavy atom. The van der Waals surface area contributed by atoms with Crippen molar-refractivity contribution in [2.45, 2.75) is 24.8 Å². The fourth-order valence-corrected chi connectivity index (χ4v) is 3.78. The number of hydrogen-bond donors (Lipinski definition) is 3. The quantitative estimate of drug-likeness (QED) is 0.577. The highest BCUT2D eigenvalue weighted by Crippen LogP contribution is 2.20. The molecule has 3 rings (SSSR count). The van der Waals surface area contributed by atoms with E-state index < -0.39 is 21.7 Å². The number of sulfonamides is 1. The lowest BCUT2D eigenvalue weighted by molar-refractivity contribution is 0.102. The molecule has 0 bridgehead atoms. The molecule has 0 saturated heterocycles. The summed E-state index contributed by atoms with van der Waals surface area (Å²) < 4.78 is 31.5. The normalized spacial score (nSPS) is 11.5. The number of anilines is 1. The summed E-state index contributed by atoms with van der Waals surface area (Å²) >= 11 is 0. The molecule has 0 spiro atoms. The van der Waals surface area contributed by atoms with Gasteiger partial charge in [0.25, 0.3) is 5.91 Å². The average molecular weight is 402 g/mol. The standard InChI is InChI=1S/C18H18N4O5S/c1-11(2)22-28(25,26)15-8-4-6-13(10-15)17(23)19-14-7-3-5-12(9-14)16-20-18(24)27-21-16/h3-11,22H,1-2H3,(H,19,23)(H,20,21,24). The fourth-order valence-electron chi connectivity index (χ4n) is 2.48. The van der Waals surface area contributed by atoms with Crippen molar-refractivity contribution in [2.75, 3.05) is 5.32 Å². The van der Waals surface area contributed by atoms with E-state index in [2.05, 4.69) is 24.7 Å². The van der Waals surface area contributed by atoms with Crippen LogP contribution in [0.3, 0.4) is 0 Å². The third kappa shape index (κ3) is 4.53. The second-order valence-electron chi connectivity index (χ2n) is 6.28. The topological polar surface area (TPSA) is 134 Å². The van der Waals surface area contributed by atoms with Gasteiger partial charge in [-0.25, -0.2) is 17.9 Å². The van der Waals surface area contributed by atoms with Crippen molar-refractivity contribution >= 4 is 21.6 Å². The number of nitrogens with zero attached hydrogens (tertiary/aromatic N) is 1. The minimum atomic E-state index is -3.71. The van der Waals surface area contributed by atoms with Crippen LogP contribution in [0.2, 0.25) is 0 Å². The highest BCUT2D eigenvalue weighted by molar-refractivity contribution is 7.89. The van der Waals surface area contributed by atoms with E-state index in [4.69, 9.17) is 0 Å². The van der Waals surface area contributed by atoms with E-state index in [0.717, 1.165) is 0 Å². The zero-order valence-electron chi connectivity index (χ0n) is 15.1. The Morgan fingerprint density at radius 1 is 1.14 bits per heavy atom. The summed E-state index contributed by atoms with van der Waals surface area (Å²) in [5.74, 6) is -0.932. The monoisotopic (exact) mass is 402 g/mol. The van der Waals surface area contributed by atoms with Crippen LogP contribution in [0.4, 0.5) is 5.69 Å². The largest absolute Gasteiger partial charge is 0.439 e. The first-order valence-corrected chi connectivity index (χ1v) is 9.83. The van der Waals surface area contributed by atoms with Gasteiger partial charge in [0.1, 0.15) is 0 Å². The Morgan fingerprint density at radius 3 is 2.57 bits per heavy atom. The molecule has 146 valence electrons. The predicted octanol–water partition coefficient (Wildman–Crippen LogP) is 1.97. The minimum Gasteiger partial charge on any atom is -0.322 e. The van der Waals surface area contributed by atoms with Crippen molar-refractivity contribution in [1.82, 2.24) is 14.9 Å². The number of H-pyrrole nitrogens is 1. The van der Waals surface area contributed by atoms with Crippen molar-refractivity contribution in [1.29, 1.82) is 0 Å². The van der Waals surface area contributed by atoms with Gasteiger partial charge in [-0.1, -0.05) is 23.4 Å².